The van der Waals surface area contributed by atoms with E-state index in [1.165, 1.54) is 0 Å². The Kier molecular flexibility index (Phi) is 4.51. The summed E-state index contributed by atoms with van der Waals surface area (Å²) in [5, 5.41) is 10.9. The number of fused-ring (bicyclic) bond motifs is 1. The second-order valence-electron chi connectivity index (χ2n) is 6.68. The number of hydrogen-bond donors (Lipinski definition) is 1. The molecule has 1 saturated heterocycles. The van der Waals surface area contributed by atoms with Crippen LogP contribution in [0.15, 0.2) is 54.6 Å². The molecule has 1 aromatic heterocycles. The minimum atomic E-state index is -0.689. The molecule has 1 aliphatic heterocycles. The van der Waals surface area contributed by atoms with Crippen molar-refractivity contribution in [2.45, 2.75) is 12.8 Å². The number of carboxylic acid groups (broad SMARTS) is 1. The summed E-state index contributed by atoms with van der Waals surface area (Å²) in [6, 6.07) is 18.1. The molecule has 1 fully saturated rings. The number of halogens is 1. The highest BCUT2D eigenvalue weighted by molar-refractivity contribution is 6.30. The second kappa shape index (κ2) is 6.96. The van der Waals surface area contributed by atoms with Crippen LogP contribution in [0.5, 0.6) is 0 Å². The van der Waals surface area contributed by atoms with Crippen LogP contribution in [0.3, 0.4) is 0 Å². The third-order valence-electron chi connectivity index (χ3n) is 5.02. The molecule has 0 amide bonds. The normalized spacial score (nSPS) is 15.3. The molecule has 2 heterocycles. The number of piperidine rings is 1. The zero-order valence-corrected chi connectivity index (χ0v) is 15.0. The molecule has 4 rings (SSSR count). The molecule has 0 bridgehead atoms. The van der Waals surface area contributed by atoms with Crippen molar-refractivity contribution >= 4 is 34.3 Å². The SMILES string of the molecule is O=C(O)C1CCN(c2ccc3cc(-c4ccc(Cl)cc4)ccc3n2)CC1. The number of hydrogen-bond acceptors (Lipinski definition) is 3. The van der Waals surface area contributed by atoms with E-state index in [1.807, 2.05) is 36.4 Å². The third-order valence-corrected chi connectivity index (χ3v) is 5.27. The highest BCUT2D eigenvalue weighted by atomic mass is 35.5. The van der Waals surface area contributed by atoms with Gasteiger partial charge in [0.15, 0.2) is 0 Å². The number of pyridine rings is 1. The Hall–Kier alpha value is -2.59. The molecule has 26 heavy (non-hydrogen) atoms. The van der Waals surface area contributed by atoms with Crippen LogP contribution in [-0.4, -0.2) is 29.1 Å². The Balaban J connectivity index is 1.58. The predicted molar refractivity (Wildman–Crippen MR) is 105 cm³/mol. The smallest absolute Gasteiger partial charge is 0.306 e. The lowest BCUT2D eigenvalue weighted by atomic mass is 9.97. The van der Waals surface area contributed by atoms with Crippen LogP contribution in [0, 0.1) is 5.92 Å². The maximum absolute atomic E-state index is 11.1. The first-order valence-corrected chi connectivity index (χ1v) is 9.12. The average Bonchev–Trinajstić information content (AvgIpc) is 2.68. The molecule has 0 atom stereocenters. The molecule has 5 heteroatoms. The average molecular weight is 367 g/mol. The van der Waals surface area contributed by atoms with Crippen molar-refractivity contribution in [1.82, 2.24) is 4.98 Å². The maximum atomic E-state index is 11.1. The minimum absolute atomic E-state index is 0.228. The molecule has 0 aliphatic carbocycles. The van der Waals surface area contributed by atoms with Gasteiger partial charge in [-0.3, -0.25) is 4.79 Å². The van der Waals surface area contributed by atoms with Crippen molar-refractivity contribution in [3.05, 3.63) is 59.6 Å². The van der Waals surface area contributed by atoms with Gasteiger partial charge in [0.2, 0.25) is 0 Å². The molecule has 4 nitrogen and oxygen atoms in total. The van der Waals surface area contributed by atoms with E-state index in [9.17, 15) is 4.79 Å². The lowest BCUT2D eigenvalue weighted by Crippen LogP contribution is -2.36. The Labute approximate surface area is 157 Å². The summed E-state index contributed by atoms with van der Waals surface area (Å²) in [5.41, 5.74) is 3.20. The van der Waals surface area contributed by atoms with Crippen LogP contribution >= 0.6 is 11.6 Å². The zero-order chi connectivity index (χ0) is 18.1. The fourth-order valence-electron chi connectivity index (χ4n) is 3.47. The van der Waals surface area contributed by atoms with Crippen LogP contribution in [0.2, 0.25) is 5.02 Å². The van der Waals surface area contributed by atoms with Gasteiger partial charge in [0.1, 0.15) is 5.82 Å². The van der Waals surface area contributed by atoms with Crippen LogP contribution in [0.1, 0.15) is 12.8 Å². The monoisotopic (exact) mass is 366 g/mol. The predicted octanol–water partition coefficient (Wildman–Crippen LogP) is 4.86. The summed E-state index contributed by atoms with van der Waals surface area (Å²) >= 11 is 5.96. The largest absolute Gasteiger partial charge is 0.481 e. The Bertz CT molecular complexity index is 948. The highest BCUT2D eigenvalue weighted by Crippen LogP contribution is 2.28. The van der Waals surface area contributed by atoms with Gasteiger partial charge in [-0.1, -0.05) is 29.8 Å². The van der Waals surface area contributed by atoms with Crippen LogP contribution in [-0.2, 0) is 4.79 Å². The molecule has 1 N–H and O–H groups in total. The van der Waals surface area contributed by atoms with Crippen LogP contribution in [0.25, 0.3) is 22.0 Å². The van der Waals surface area contributed by atoms with Gasteiger partial charge in [0.25, 0.3) is 0 Å². The molecule has 0 spiro atoms. The van der Waals surface area contributed by atoms with Crippen LogP contribution in [0.4, 0.5) is 5.82 Å². The van der Waals surface area contributed by atoms with E-state index >= 15 is 0 Å². The summed E-state index contributed by atoms with van der Waals surface area (Å²) in [4.78, 5) is 18.0. The number of anilines is 1. The highest BCUT2D eigenvalue weighted by Gasteiger charge is 2.25. The third kappa shape index (κ3) is 3.37. The number of aromatic nitrogens is 1. The number of rotatable bonds is 3. The Morgan fingerprint density at radius 3 is 2.38 bits per heavy atom. The number of carboxylic acids is 1. The number of benzene rings is 2. The second-order valence-corrected chi connectivity index (χ2v) is 7.12. The number of nitrogens with zero attached hydrogens (tertiary/aromatic N) is 2. The number of aliphatic carboxylic acids is 1. The minimum Gasteiger partial charge on any atom is -0.481 e. The fraction of sp³-hybridized carbons (Fsp3) is 0.238. The Morgan fingerprint density at radius 1 is 1.00 bits per heavy atom. The van der Waals surface area contributed by atoms with E-state index in [0.717, 1.165) is 46.0 Å². The van der Waals surface area contributed by atoms with Gasteiger partial charge in [-0.15, -0.1) is 0 Å². The summed E-state index contributed by atoms with van der Waals surface area (Å²) < 4.78 is 0. The van der Waals surface area contributed by atoms with Crippen molar-refractivity contribution in [2.24, 2.45) is 5.92 Å². The van der Waals surface area contributed by atoms with E-state index < -0.39 is 5.97 Å². The first-order valence-electron chi connectivity index (χ1n) is 8.75. The van der Waals surface area contributed by atoms with E-state index in [1.54, 1.807) is 0 Å². The van der Waals surface area contributed by atoms with E-state index in [-0.39, 0.29) is 5.92 Å². The fourth-order valence-corrected chi connectivity index (χ4v) is 3.59. The molecule has 1 aliphatic rings. The van der Waals surface area contributed by atoms with Gasteiger partial charge in [0, 0.05) is 23.5 Å². The van der Waals surface area contributed by atoms with Crippen molar-refractivity contribution in [2.75, 3.05) is 18.0 Å². The topological polar surface area (TPSA) is 53.4 Å². The molecule has 0 saturated carbocycles. The molecule has 0 unspecified atom stereocenters. The molecular formula is C21H19ClN2O2. The summed E-state index contributed by atoms with van der Waals surface area (Å²) in [6.45, 7) is 1.47. The van der Waals surface area contributed by atoms with Gasteiger partial charge in [-0.2, -0.15) is 0 Å². The van der Waals surface area contributed by atoms with E-state index in [0.29, 0.717) is 12.8 Å². The lowest BCUT2D eigenvalue weighted by Gasteiger charge is -2.31. The standard InChI is InChI=1S/C21H19ClN2O2/c22-18-5-1-14(2-6-18)16-3-7-19-17(13-16)4-8-20(23-19)24-11-9-15(10-12-24)21(25)26/h1-8,13,15H,9-12H2,(H,25,26). The zero-order valence-electron chi connectivity index (χ0n) is 14.2. The van der Waals surface area contributed by atoms with Crippen molar-refractivity contribution < 1.29 is 9.90 Å². The van der Waals surface area contributed by atoms with Gasteiger partial charge in [0.05, 0.1) is 11.4 Å². The van der Waals surface area contributed by atoms with Gasteiger partial charge in [-0.05, 0) is 60.4 Å². The lowest BCUT2D eigenvalue weighted by molar-refractivity contribution is -0.142. The summed E-state index contributed by atoms with van der Waals surface area (Å²) in [6.07, 6.45) is 1.34. The van der Waals surface area contributed by atoms with Gasteiger partial charge >= 0.3 is 5.97 Å². The molecule has 3 aromatic rings. The number of carbonyl (C=O) groups is 1. The van der Waals surface area contributed by atoms with Crippen molar-refractivity contribution in [1.29, 1.82) is 0 Å². The summed E-state index contributed by atoms with van der Waals surface area (Å²) in [7, 11) is 0. The van der Waals surface area contributed by atoms with Crippen LogP contribution < -0.4 is 4.90 Å². The first-order chi connectivity index (χ1) is 12.6. The molecular weight excluding hydrogens is 348 g/mol. The van der Waals surface area contributed by atoms with Crippen molar-refractivity contribution in [3.63, 3.8) is 0 Å². The maximum Gasteiger partial charge on any atom is 0.306 e. The van der Waals surface area contributed by atoms with Crippen molar-refractivity contribution in [3.8, 4) is 11.1 Å². The van der Waals surface area contributed by atoms with E-state index in [2.05, 4.69) is 23.1 Å². The Morgan fingerprint density at radius 2 is 1.69 bits per heavy atom. The molecule has 0 radical (unpaired) electrons. The molecule has 132 valence electrons. The first kappa shape index (κ1) is 16.9. The molecule has 2 aromatic carbocycles. The van der Waals surface area contributed by atoms with Gasteiger partial charge < -0.3 is 10.0 Å². The van der Waals surface area contributed by atoms with Gasteiger partial charge in [-0.25, -0.2) is 4.98 Å². The quantitative estimate of drug-likeness (QED) is 0.719. The van der Waals surface area contributed by atoms with E-state index in [4.69, 9.17) is 21.7 Å². The summed E-state index contributed by atoms with van der Waals surface area (Å²) in [5.74, 6) is 0.0000664.